The van der Waals surface area contributed by atoms with E-state index in [0.29, 0.717) is 34.4 Å². The van der Waals surface area contributed by atoms with Crippen LogP contribution in [-0.2, 0) is 9.59 Å². The zero-order chi connectivity index (χ0) is 19.0. The van der Waals surface area contributed by atoms with Gasteiger partial charge in [-0.05, 0) is 37.3 Å². The minimum Gasteiger partial charge on any atom is -0.482 e. The van der Waals surface area contributed by atoms with Gasteiger partial charge >= 0.3 is 0 Å². The maximum Gasteiger partial charge on any atom is 0.265 e. The van der Waals surface area contributed by atoms with Crippen molar-refractivity contribution in [2.75, 3.05) is 30.7 Å². The molecular formula is C19H18N2O6. The summed E-state index contributed by atoms with van der Waals surface area (Å²) in [5.41, 5.74) is 1.15. The second-order valence-corrected chi connectivity index (χ2v) is 6.19. The Morgan fingerprint density at radius 1 is 1.11 bits per heavy atom. The Morgan fingerprint density at radius 2 is 1.89 bits per heavy atom. The maximum atomic E-state index is 12.5. The standard InChI is InChI=1S/C19H18N2O6/c1-11(27-13-4-6-16-17(8-13)26-10-25-16)19(23)20-12-3-5-15-14(7-12)21(2)18(22)9-24-15/h3-8,11H,9-10H2,1-2H3,(H,20,23)/t11-/m0/s1. The first-order valence-corrected chi connectivity index (χ1v) is 8.42. The minimum atomic E-state index is -0.739. The zero-order valence-corrected chi connectivity index (χ0v) is 14.9. The average Bonchev–Trinajstić information content (AvgIpc) is 3.13. The molecule has 0 unspecified atom stereocenters. The van der Waals surface area contributed by atoms with E-state index in [1.54, 1.807) is 50.4 Å². The lowest BCUT2D eigenvalue weighted by molar-refractivity contribution is -0.122. The second kappa shape index (κ2) is 6.71. The molecule has 2 aromatic rings. The number of amides is 2. The van der Waals surface area contributed by atoms with Gasteiger partial charge in [-0.1, -0.05) is 0 Å². The molecule has 8 heteroatoms. The van der Waals surface area contributed by atoms with Gasteiger partial charge in [-0.3, -0.25) is 9.59 Å². The van der Waals surface area contributed by atoms with Crippen molar-refractivity contribution in [3.8, 4) is 23.0 Å². The first kappa shape index (κ1) is 17.0. The first-order chi connectivity index (χ1) is 13.0. The van der Waals surface area contributed by atoms with Crippen molar-refractivity contribution in [2.24, 2.45) is 0 Å². The smallest absolute Gasteiger partial charge is 0.265 e. The number of nitrogens with one attached hydrogen (secondary N) is 1. The summed E-state index contributed by atoms with van der Waals surface area (Å²) < 4.78 is 21.6. The third-order valence-electron chi connectivity index (χ3n) is 4.34. The summed E-state index contributed by atoms with van der Waals surface area (Å²) in [4.78, 5) is 25.7. The molecule has 27 heavy (non-hydrogen) atoms. The van der Waals surface area contributed by atoms with Crippen molar-refractivity contribution >= 4 is 23.2 Å². The van der Waals surface area contributed by atoms with E-state index in [2.05, 4.69) is 5.32 Å². The summed E-state index contributed by atoms with van der Waals surface area (Å²) in [6.07, 6.45) is -0.739. The quantitative estimate of drug-likeness (QED) is 0.888. The molecule has 2 aromatic carbocycles. The van der Waals surface area contributed by atoms with Crippen molar-refractivity contribution in [3.05, 3.63) is 36.4 Å². The molecule has 0 radical (unpaired) electrons. The van der Waals surface area contributed by atoms with E-state index in [9.17, 15) is 9.59 Å². The van der Waals surface area contributed by atoms with Gasteiger partial charge in [-0.25, -0.2) is 0 Å². The van der Waals surface area contributed by atoms with Crippen LogP contribution in [0.2, 0.25) is 0 Å². The molecule has 0 saturated carbocycles. The lowest BCUT2D eigenvalue weighted by Crippen LogP contribution is -2.35. The summed E-state index contributed by atoms with van der Waals surface area (Å²) in [7, 11) is 1.67. The molecule has 2 amide bonds. The first-order valence-electron chi connectivity index (χ1n) is 8.42. The highest BCUT2D eigenvalue weighted by atomic mass is 16.7. The number of nitrogens with zero attached hydrogens (tertiary/aromatic N) is 1. The molecule has 0 bridgehead atoms. The van der Waals surface area contributed by atoms with E-state index in [4.69, 9.17) is 18.9 Å². The molecular weight excluding hydrogens is 352 g/mol. The normalized spacial score (nSPS) is 15.6. The number of carbonyl (C=O) groups excluding carboxylic acids is 2. The molecule has 0 aromatic heterocycles. The number of likely N-dealkylation sites (N-methyl/N-ethyl adjacent to an activating group) is 1. The van der Waals surface area contributed by atoms with Gasteiger partial charge in [0.2, 0.25) is 6.79 Å². The fourth-order valence-corrected chi connectivity index (χ4v) is 2.80. The summed E-state index contributed by atoms with van der Waals surface area (Å²) in [5, 5.41) is 2.79. The van der Waals surface area contributed by atoms with Gasteiger partial charge in [0.15, 0.2) is 24.2 Å². The number of hydrogen-bond acceptors (Lipinski definition) is 6. The minimum absolute atomic E-state index is 0.00954. The highest BCUT2D eigenvalue weighted by Crippen LogP contribution is 2.36. The molecule has 2 heterocycles. The van der Waals surface area contributed by atoms with Crippen LogP contribution >= 0.6 is 0 Å². The number of carbonyl (C=O) groups is 2. The van der Waals surface area contributed by atoms with Crippen molar-refractivity contribution in [2.45, 2.75) is 13.0 Å². The number of ether oxygens (including phenoxy) is 4. The van der Waals surface area contributed by atoms with E-state index in [-0.39, 0.29) is 25.2 Å². The van der Waals surface area contributed by atoms with E-state index in [0.717, 1.165) is 0 Å². The van der Waals surface area contributed by atoms with Crippen LogP contribution in [-0.4, -0.2) is 38.4 Å². The Kier molecular flexibility index (Phi) is 4.23. The van der Waals surface area contributed by atoms with Crippen LogP contribution in [0.15, 0.2) is 36.4 Å². The average molecular weight is 370 g/mol. The molecule has 0 fully saturated rings. The molecule has 4 rings (SSSR count). The lowest BCUT2D eigenvalue weighted by atomic mass is 10.2. The highest BCUT2D eigenvalue weighted by molar-refractivity contribution is 5.99. The topological polar surface area (TPSA) is 86.3 Å². The van der Waals surface area contributed by atoms with Crippen LogP contribution in [0.1, 0.15) is 6.92 Å². The van der Waals surface area contributed by atoms with Crippen molar-refractivity contribution < 1.29 is 28.5 Å². The third kappa shape index (κ3) is 3.33. The van der Waals surface area contributed by atoms with Crippen LogP contribution in [0.5, 0.6) is 23.0 Å². The zero-order valence-electron chi connectivity index (χ0n) is 14.9. The number of anilines is 2. The molecule has 0 saturated heterocycles. The van der Waals surface area contributed by atoms with Crippen molar-refractivity contribution in [3.63, 3.8) is 0 Å². The Balaban J connectivity index is 1.43. The Hall–Kier alpha value is -3.42. The van der Waals surface area contributed by atoms with Gasteiger partial charge in [0.25, 0.3) is 11.8 Å². The molecule has 140 valence electrons. The summed E-state index contributed by atoms with van der Waals surface area (Å²) in [6.45, 7) is 1.83. The van der Waals surface area contributed by atoms with Gasteiger partial charge < -0.3 is 29.2 Å². The molecule has 0 aliphatic carbocycles. The predicted octanol–water partition coefficient (Wildman–Crippen LogP) is 2.18. The second-order valence-electron chi connectivity index (χ2n) is 6.19. The molecule has 1 N–H and O–H groups in total. The summed E-state index contributed by atoms with van der Waals surface area (Å²) in [5.74, 6) is 1.87. The Bertz CT molecular complexity index is 913. The SMILES string of the molecule is C[C@H](Oc1ccc2c(c1)OCO2)C(=O)Nc1ccc2c(c1)N(C)C(=O)CO2. The van der Waals surface area contributed by atoms with Gasteiger partial charge in [-0.2, -0.15) is 0 Å². The summed E-state index contributed by atoms with van der Waals surface area (Å²) >= 11 is 0. The molecule has 2 aliphatic heterocycles. The number of fused-ring (bicyclic) bond motifs is 2. The largest absolute Gasteiger partial charge is 0.482 e. The van der Waals surface area contributed by atoms with E-state index < -0.39 is 6.10 Å². The highest BCUT2D eigenvalue weighted by Gasteiger charge is 2.23. The van der Waals surface area contributed by atoms with Crippen molar-refractivity contribution in [1.82, 2.24) is 0 Å². The monoisotopic (exact) mass is 370 g/mol. The van der Waals surface area contributed by atoms with Crippen LogP contribution in [0.3, 0.4) is 0 Å². The van der Waals surface area contributed by atoms with Crippen LogP contribution < -0.4 is 29.2 Å². The van der Waals surface area contributed by atoms with Crippen LogP contribution in [0, 0.1) is 0 Å². The maximum absolute atomic E-state index is 12.5. The van der Waals surface area contributed by atoms with Gasteiger partial charge in [0.1, 0.15) is 11.5 Å². The number of hydrogen-bond donors (Lipinski definition) is 1. The lowest BCUT2D eigenvalue weighted by Gasteiger charge is -2.26. The van der Waals surface area contributed by atoms with Gasteiger partial charge in [0, 0.05) is 18.8 Å². The van der Waals surface area contributed by atoms with E-state index in [1.165, 1.54) is 4.90 Å². The third-order valence-corrected chi connectivity index (χ3v) is 4.34. The van der Waals surface area contributed by atoms with Crippen molar-refractivity contribution in [1.29, 1.82) is 0 Å². The molecule has 0 spiro atoms. The number of rotatable bonds is 4. The van der Waals surface area contributed by atoms with Gasteiger partial charge in [-0.15, -0.1) is 0 Å². The van der Waals surface area contributed by atoms with E-state index in [1.807, 2.05) is 0 Å². The molecule has 2 aliphatic rings. The van der Waals surface area contributed by atoms with E-state index >= 15 is 0 Å². The summed E-state index contributed by atoms with van der Waals surface area (Å²) in [6, 6.07) is 10.3. The Labute approximate surface area is 155 Å². The molecule has 8 nitrogen and oxygen atoms in total. The van der Waals surface area contributed by atoms with Crippen LogP contribution in [0.4, 0.5) is 11.4 Å². The Morgan fingerprint density at radius 3 is 2.74 bits per heavy atom. The fourth-order valence-electron chi connectivity index (χ4n) is 2.80. The van der Waals surface area contributed by atoms with Crippen LogP contribution in [0.25, 0.3) is 0 Å². The number of benzene rings is 2. The predicted molar refractivity (Wildman–Crippen MR) is 96.6 cm³/mol. The fraction of sp³-hybridized carbons (Fsp3) is 0.263. The van der Waals surface area contributed by atoms with Gasteiger partial charge in [0.05, 0.1) is 5.69 Å². The molecule has 1 atom stereocenters.